The van der Waals surface area contributed by atoms with Crippen LogP contribution in [-0.2, 0) is 25.7 Å². The van der Waals surface area contributed by atoms with E-state index >= 15 is 0 Å². The number of ether oxygens (including phenoxy) is 1. The third-order valence-corrected chi connectivity index (χ3v) is 7.07. The molecule has 2 aliphatic rings. The number of rotatable bonds is 8. The van der Waals surface area contributed by atoms with Gasteiger partial charge in [-0.15, -0.1) is 0 Å². The van der Waals surface area contributed by atoms with E-state index in [4.69, 9.17) is 4.74 Å². The minimum Gasteiger partial charge on any atom is -0.444 e. The van der Waals surface area contributed by atoms with Gasteiger partial charge in [0.05, 0.1) is 6.04 Å². The summed E-state index contributed by atoms with van der Waals surface area (Å²) in [5.41, 5.74) is -0.0648. The molecule has 4 N–H and O–H groups in total. The van der Waals surface area contributed by atoms with Gasteiger partial charge in [0, 0.05) is 25.6 Å². The van der Waals surface area contributed by atoms with Crippen LogP contribution in [-0.4, -0.2) is 70.7 Å². The van der Waals surface area contributed by atoms with Crippen LogP contribution in [0.3, 0.4) is 0 Å². The lowest BCUT2D eigenvalue weighted by atomic mass is 9.78. The van der Waals surface area contributed by atoms with Crippen LogP contribution in [0, 0.1) is 11.3 Å². The van der Waals surface area contributed by atoms with E-state index in [0.29, 0.717) is 32.4 Å². The first-order chi connectivity index (χ1) is 17.8. The molecule has 0 bridgehead atoms. The molecule has 0 saturated carbocycles. The molecule has 0 radical (unpaired) electrons. The van der Waals surface area contributed by atoms with Crippen molar-refractivity contribution in [3.63, 3.8) is 0 Å². The van der Waals surface area contributed by atoms with Gasteiger partial charge in [0.15, 0.2) is 6.10 Å². The van der Waals surface area contributed by atoms with Gasteiger partial charge in [-0.1, -0.05) is 44.2 Å². The molecular formula is C28H42N4O6. The fourth-order valence-electron chi connectivity index (χ4n) is 4.88. The Hall–Kier alpha value is -3.14. The summed E-state index contributed by atoms with van der Waals surface area (Å²) < 4.78 is 5.55. The molecule has 3 rings (SSSR count). The van der Waals surface area contributed by atoms with Crippen LogP contribution in [0.15, 0.2) is 30.3 Å². The first-order valence-corrected chi connectivity index (χ1v) is 13.3. The van der Waals surface area contributed by atoms with Crippen molar-refractivity contribution in [2.24, 2.45) is 11.3 Å². The molecule has 2 fully saturated rings. The van der Waals surface area contributed by atoms with Crippen molar-refractivity contribution < 1.29 is 29.0 Å². The van der Waals surface area contributed by atoms with Gasteiger partial charge in [0.25, 0.3) is 5.91 Å². The number of hydrogen-bond donors (Lipinski definition) is 4. The summed E-state index contributed by atoms with van der Waals surface area (Å²) in [4.78, 5) is 53.2. The molecule has 0 aliphatic carbocycles. The maximum absolute atomic E-state index is 13.6. The number of aliphatic hydroxyl groups excluding tert-OH is 1. The first-order valence-electron chi connectivity index (χ1n) is 13.3. The lowest BCUT2D eigenvalue weighted by Crippen LogP contribution is -2.60. The number of aliphatic hydroxyl groups is 1. The van der Waals surface area contributed by atoms with Gasteiger partial charge in [0.1, 0.15) is 11.6 Å². The second-order valence-corrected chi connectivity index (χ2v) is 12.1. The molecule has 0 spiro atoms. The normalized spacial score (nSPS) is 22.7. The number of benzene rings is 1. The highest BCUT2D eigenvalue weighted by molar-refractivity contribution is 5.88. The van der Waals surface area contributed by atoms with Gasteiger partial charge in [-0.25, -0.2) is 4.79 Å². The van der Waals surface area contributed by atoms with Crippen LogP contribution in [0.25, 0.3) is 0 Å². The number of carbonyl (C=O) groups excluding carboxylic acids is 4. The highest BCUT2D eigenvalue weighted by Crippen LogP contribution is 2.35. The van der Waals surface area contributed by atoms with Crippen molar-refractivity contribution in [1.82, 2.24) is 20.9 Å². The number of nitrogens with one attached hydrogen (secondary N) is 3. The summed E-state index contributed by atoms with van der Waals surface area (Å²) in [5, 5.41) is 19.3. The quantitative estimate of drug-likeness (QED) is 0.406. The van der Waals surface area contributed by atoms with Gasteiger partial charge in [-0.2, -0.15) is 0 Å². The van der Waals surface area contributed by atoms with Gasteiger partial charge >= 0.3 is 6.09 Å². The predicted molar refractivity (Wildman–Crippen MR) is 142 cm³/mol. The molecule has 2 saturated heterocycles. The average molecular weight is 531 g/mol. The standard InChI is InChI=1S/C28H42N4O6/c1-27(2,3)38-26(37)32-14-12-28(4,5)16-21(32)24(35)31-20(15-19-11-13-29-23(19)34)22(33)25(36)30-17-18-9-7-6-8-10-18/h6-10,19-22,33H,11-17H2,1-5H3,(H,29,34)(H,30,36)(H,31,35)/t19?,20-,21-,22?/m0/s1. The molecule has 210 valence electrons. The van der Waals surface area contributed by atoms with Crippen molar-refractivity contribution in [3.05, 3.63) is 35.9 Å². The number of hydrogen-bond acceptors (Lipinski definition) is 6. The number of piperidine rings is 1. The largest absolute Gasteiger partial charge is 0.444 e. The molecule has 38 heavy (non-hydrogen) atoms. The molecular weight excluding hydrogens is 488 g/mol. The minimum atomic E-state index is -1.58. The Morgan fingerprint density at radius 3 is 2.50 bits per heavy atom. The summed E-state index contributed by atoms with van der Waals surface area (Å²) >= 11 is 0. The maximum atomic E-state index is 13.6. The van der Waals surface area contributed by atoms with Crippen molar-refractivity contribution in [3.8, 4) is 0 Å². The Labute approximate surface area is 224 Å². The Morgan fingerprint density at radius 2 is 1.89 bits per heavy atom. The van der Waals surface area contributed by atoms with Gasteiger partial charge in [-0.3, -0.25) is 19.3 Å². The minimum absolute atomic E-state index is 0.0973. The zero-order chi connectivity index (χ0) is 28.1. The van der Waals surface area contributed by atoms with Crippen LogP contribution < -0.4 is 16.0 Å². The monoisotopic (exact) mass is 530 g/mol. The van der Waals surface area contributed by atoms with E-state index in [1.165, 1.54) is 4.90 Å². The predicted octanol–water partition coefficient (Wildman–Crippen LogP) is 2.10. The average Bonchev–Trinajstić information content (AvgIpc) is 3.24. The van der Waals surface area contributed by atoms with Crippen LogP contribution in [0.2, 0.25) is 0 Å². The molecule has 0 aromatic heterocycles. The molecule has 4 atom stereocenters. The van der Waals surface area contributed by atoms with E-state index in [9.17, 15) is 24.3 Å². The molecule has 10 nitrogen and oxygen atoms in total. The summed E-state index contributed by atoms with van der Waals surface area (Å²) in [6.45, 7) is 10.4. The number of likely N-dealkylation sites (tertiary alicyclic amines) is 1. The van der Waals surface area contributed by atoms with Crippen molar-refractivity contribution >= 4 is 23.8 Å². The van der Waals surface area contributed by atoms with E-state index in [1.54, 1.807) is 20.8 Å². The highest BCUT2D eigenvalue weighted by atomic mass is 16.6. The fourth-order valence-corrected chi connectivity index (χ4v) is 4.88. The Balaban J connectivity index is 1.77. The summed E-state index contributed by atoms with van der Waals surface area (Å²) in [7, 11) is 0. The zero-order valence-corrected chi connectivity index (χ0v) is 23.1. The van der Waals surface area contributed by atoms with Crippen LogP contribution in [0.5, 0.6) is 0 Å². The number of carbonyl (C=O) groups is 4. The molecule has 1 aromatic carbocycles. The molecule has 10 heteroatoms. The topological polar surface area (TPSA) is 137 Å². The fraction of sp³-hybridized carbons (Fsp3) is 0.643. The first kappa shape index (κ1) is 29.4. The number of amides is 4. The van der Waals surface area contributed by atoms with Gasteiger partial charge in [-0.05, 0) is 57.4 Å². The highest BCUT2D eigenvalue weighted by Gasteiger charge is 2.43. The van der Waals surface area contributed by atoms with E-state index < -0.39 is 47.6 Å². The van der Waals surface area contributed by atoms with E-state index in [1.807, 2.05) is 44.2 Å². The Morgan fingerprint density at radius 1 is 1.21 bits per heavy atom. The molecule has 2 heterocycles. The molecule has 2 unspecified atom stereocenters. The maximum Gasteiger partial charge on any atom is 0.410 e. The second kappa shape index (κ2) is 12.1. The third kappa shape index (κ3) is 8.18. The van der Waals surface area contributed by atoms with Crippen molar-refractivity contribution in [2.75, 3.05) is 13.1 Å². The summed E-state index contributed by atoms with van der Waals surface area (Å²) in [6.07, 6.45) is -0.426. The molecule has 1 aromatic rings. The summed E-state index contributed by atoms with van der Waals surface area (Å²) in [6, 6.07) is 7.41. The van der Waals surface area contributed by atoms with E-state index in [2.05, 4.69) is 16.0 Å². The lowest BCUT2D eigenvalue weighted by molar-refractivity contribution is -0.136. The van der Waals surface area contributed by atoms with Crippen LogP contribution in [0.4, 0.5) is 4.79 Å². The van der Waals surface area contributed by atoms with Gasteiger partial charge in [0.2, 0.25) is 11.8 Å². The molecule has 2 aliphatic heterocycles. The third-order valence-electron chi connectivity index (χ3n) is 7.07. The smallest absolute Gasteiger partial charge is 0.410 e. The Bertz CT molecular complexity index is 1010. The van der Waals surface area contributed by atoms with Crippen molar-refractivity contribution in [2.45, 2.75) is 90.6 Å². The van der Waals surface area contributed by atoms with E-state index in [-0.39, 0.29) is 24.3 Å². The second-order valence-electron chi connectivity index (χ2n) is 12.1. The van der Waals surface area contributed by atoms with Crippen LogP contribution >= 0.6 is 0 Å². The Kier molecular flexibility index (Phi) is 9.40. The lowest BCUT2D eigenvalue weighted by Gasteiger charge is -2.43. The SMILES string of the molecule is CC1(C)CCN(C(=O)OC(C)(C)C)[C@H](C(=O)N[C@@H](CC2CCNC2=O)C(O)C(=O)NCc2ccccc2)C1. The zero-order valence-electron chi connectivity index (χ0n) is 23.1. The van der Waals surface area contributed by atoms with E-state index in [0.717, 1.165) is 5.56 Å². The van der Waals surface area contributed by atoms with Crippen molar-refractivity contribution in [1.29, 1.82) is 0 Å². The van der Waals surface area contributed by atoms with Crippen LogP contribution in [0.1, 0.15) is 65.9 Å². The number of nitrogens with zero attached hydrogens (tertiary/aromatic N) is 1. The molecule has 4 amide bonds. The van der Waals surface area contributed by atoms with Gasteiger partial charge < -0.3 is 25.8 Å². The summed E-state index contributed by atoms with van der Waals surface area (Å²) in [5.74, 6) is -1.75.